The zero-order chi connectivity index (χ0) is 29.6. The van der Waals surface area contributed by atoms with E-state index in [9.17, 15) is 14.4 Å². The summed E-state index contributed by atoms with van der Waals surface area (Å²) in [5, 5.41) is 3.70. The van der Waals surface area contributed by atoms with Crippen LogP contribution < -0.4 is 25.2 Å². The number of amides is 2. The van der Waals surface area contributed by atoms with Crippen molar-refractivity contribution in [3.8, 4) is 11.5 Å². The summed E-state index contributed by atoms with van der Waals surface area (Å²) in [5.74, 6) is 0.937. The molecule has 2 aliphatic heterocycles. The third-order valence-electron chi connectivity index (χ3n) is 7.63. The summed E-state index contributed by atoms with van der Waals surface area (Å²) in [5.41, 5.74) is 2.47. The number of piperazine rings is 1. The minimum atomic E-state index is -0.281. The molecular weight excluding hydrogens is 566 g/mol. The molecule has 0 saturated carbocycles. The fraction of sp³-hybridized carbons (Fsp3) is 0.312. The van der Waals surface area contributed by atoms with Crippen molar-refractivity contribution < 1.29 is 19.1 Å². The zero-order valence-electron chi connectivity index (χ0n) is 23.7. The molecule has 1 saturated heterocycles. The number of para-hydroxylation sites is 1. The molecule has 6 rings (SSSR count). The van der Waals surface area contributed by atoms with E-state index in [0.717, 1.165) is 30.8 Å². The van der Waals surface area contributed by atoms with Gasteiger partial charge in [-0.25, -0.2) is 4.98 Å². The number of rotatable bonds is 10. The second kappa shape index (κ2) is 13.2. The fourth-order valence-corrected chi connectivity index (χ4v) is 6.14. The van der Waals surface area contributed by atoms with E-state index in [0.29, 0.717) is 47.2 Å². The number of aromatic nitrogens is 2. The van der Waals surface area contributed by atoms with Gasteiger partial charge >= 0.3 is 0 Å². The van der Waals surface area contributed by atoms with Crippen molar-refractivity contribution in [2.75, 3.05) is 50.2 Å². The second-order valence-electron chi connectivity index (χ2n) is 10.4. The maximum Gasteiger partial charge on any atom is 0.262 e. The van der Waals surface area contributed by atoms with Crippen LogP contribution in [0.25, 0.3) is 10.9 Å². The molecule has 3 aromatic carbocycles. The minimum Gasteiger partial charge on any atom is -0.454 e. The molecule has 1 N–H and O–H groups in total. The van der Waals surface area contributed by atoms with Gasteiger partial charge in [-0.15, -0.1) is 0 Å². The maximum absolute atomic E-state index is 13.7. The number of hydrogen-bond donors (Lipinski definition) is 1. The van der Waals surface area contributed by atoms with Gasteiger partial charge in [0.2, 0.25) is 18.6 Å². The van der Waals surface area contributed by atoms with E-state index in [1.54, 1.807) is 12.1 Å². The van der Waals surface area contributed by atoms with E-state index in [1.165, 1.54) is 16.3 Å². The average Bonchev–Trinajstić information content (AvgIpc) is 3.51. The first-order chi connectivity index (χ1) is 21.0. The first kappa shape index (κ1) is 28.6. The van der Waals surface area contributed by atoms with E-state index in [4.69, 9.17) is 14.5 Å². The van der Waals surface area contributed by atoms with Crippen LogP contribution in [0.4, 0.5) is 5.69 Å². The van der Waals surface area contributed by atoms with Crippen LogP contribution in [0.3, 0.4) is 0 Å². The Morgan fingerprint density at radius 3 is 2.35 bits per heavy atom. The standard InChI is InChI=1S/C32H33N5O5S/c38-29(33-13-11-23-7-3-1-4-8-23)21-43-32-34-26-20-28-27(41-22-42-28)19-25(26)31(40)37(32)14-12-30(39)36-17-15-35(16-18-36)24-9-5-2-6-10-24/h1-10,19-20H,11-18,21-22H2,(H,33,38). The van der Waals surface area contributed by atoms with Crippen LogP contribution in [0.15, 0.2) is 82.7 Å². The van der Waals surface area contributed by atoms with Gasteiger partial charge in [0.05, 0.1) is 16.7 Å². The molecule has 11 heteroatoms. The van der Waals surface area contributed by atoms with Gasteiger partial charge in [-0.2, -0.15) is 0 Å². The number of thioether (sulfide) groups is 1. The largest absolute Gasteiger partial charge is 0.454 e. The average molecular weight is 600 g/mol. The number of anilines is 1. The lowest BCUT2D eigenvalue weighted by atomic mass is 10.1. The van der Waals surface area contributed by atoms with Crippen LogP contribution in [-0.2, 0) is 22.6 Å². The second-order valence-corrected chi connectivity index (χ2v) is 11.3. The van der Waals surface area contributed by atoms with Crippen LogP contribution in [0, 0.1) is 0 Å². The molecule has 222 valence electrons. The van der Waals surface area contributed by atoms with Crippen LogP contribution in [0.1, 0.15) is 12.0 Å². The monoisotopic (exact) mass is 599 g/mol. The summed E-state index contributed by atoms with van der Waals surface area (Å²) in [6.07, 6.45) is 0.880. The first-order valence-electron chi connectivity index (χ1n) is 14.4. The highest BCUT2D eigenvalue weighted by atomic mass is 32.2. The van der Waals surface area contributed by atoms with Crippen LogP contribution in [0.5, 0.6) is 11.5 Å². The molecule has 0 radical (unpaired) electrons. The minimum absolute atomic E-state index is 0.0139. The molecule has 1 aromatic heterocycles. The van der Waals surface area contributed by atoms with E-state index in [-0.39, 0.29) is 42.9 Å². The number of nitrogens with zero attached hydrogens (tertiary/aromatic N) is 4. The lowest BCUT2D eigenvalue weighted by Crippen LogP contribution is -2.49. The van der Waals surface area contributed by atoms with Crippen molar-refractivity contribution in [3.63, 3.8) is 0 Å². The Morgan fingerprint density at radius 1 is 0.907 bits per heavy atom. The first-order valence-corrected chi connectivity index (χ1v) is 15.4. The van der Waals surface area contributed by atoms with E-state index in [1.807, 2.05) is 53.4 Å². The van der Waals surface area contributed by atoms with Gasteiger partial charge in [0.1, 0.15) is 0 Å². The quantitative estimate of drug-likeness (QED) is 0.219. The molecule has 2 aliphatic rings. The zero-order valence-corrected chi connectivity index (χ0v) is 24.6. The van der Waals surface area contributed by atoms with Gasteiger partial charge in [-0.3, -0.25) is 19.0 Å². The molecule has 10 nitrogen and oxygen atoms in total. The number of nitrogens with one attached hydrogen (secondary N) is 1. The number of carbonyl (C=O) groups excluding carboxylic acids is 2. The van der Waals surface area contributed by atoms with Crippen molar-refractivity contribution >= 4 is 40.2 Å². The summed E-state index contributed by atoms with van der Waals surface area (Å²) in [4.78, 5) is 48.4. The molecule has 43 heavy (non-hydrogen) atoms. The Kier molecular flexibility index (Phi) is 8.78. The van der Waals surface area contributed by atoms with Crippen molar-refractivity contribution in [1.82, 2.24) is 19.8 Å². The lowest BCUT2D eigenvalue weighted by Gasteiger charge is -2.36. The third kappa shape index (κ3) is 6.77. The Balaban J connectivity index is 1.13. The van der Waals surface area contributed by atoms with Gasteiger partial charge in [0.15, 0.2) is 16.7 Å². The number of carbonyl (C=O) groups is 2. The Labute approximate surface area is 253 Å². The Bertz CT molecular complexity index is 1660. The van der Waals surface area contributed by atoms with Crippen LogP contribution in [0.2, 0.25) is 0 Å². The summed E-state index contributed by atoms with van der Waals surface area (Å²) in [6, 6.07) is 23.4. The Morgan fingerprint density at radius 2 is 1.60 bits per heavy atom. The molecule has 0 aliphatic carbocycles. The van der Waals surface area contributed by atoms with E-state index < -0.39 is 0 Å². The summed E-state index contributed by atoms with van der Waals surface area (Å²) < 4.78 is 12.5. The summed E-state index contributed by atoms with van der Waals surface area (Å²) in [7, 11) is 0. The summed E-state index contributed by atoms with van der Waals surface area (Å²) in [6.45, 7) is 3.49. The highest BCUT2D eigenvalue weighted by molar-refractivity contribution is 7.99. The number of fused-ring (bicyclic) bond motifs is 2. The highest BCUT2D eigenvalue weighted by Crippen LogP contribution is 2.35. The molecular formula is C32H33N5O5S. The molecule has 0 atom stereocenters. The maximum atomic E-state index is 13.7. The highest BCUT2D eigenvalue weighted by Gasteiger charge is 2.23. The van der Waals surface area contributed by atoms with Crippen molar-refractivity contribution in [2.45, 2.75) is 24.5 Å². The third-order valence-corrected chi connectivity index (χ3v) is 8.60. The molecule has 0 spiro atoms. The van der Waals surface area contributed by atoms with Gasteiger partial charge in [0, 0.05) is 57.4 Å². The van der Waals surface area contributed by atoms with Gasteiger partial charge < -0.3 is 24.6 Å². The number of hydrogen-bond acceptors (Lipinski definition) is 8. The van der Waals surface area contributed by atoms with E-state index >= 15 is 0 Å². The predicted molar refractivity (Wildman–Crippen MR) is 166 cm³/mol. The molecule has 0 unspecified atom stereocenters. The van der Waals surface area contributed by atoms with Gasteiger partial charge in [-0.05, 0) is 30.2 Å². The van der Waals surface area contributed by atoms with Gasteiger partial charge in [-0.1, -0.05) is 60.3 Å². The fourth-order valence-electron chi connectivity index (χ4n) is 5.29. The number of benzene rings is 3. The smallest absolute Gasteiger partial charge is 0.262 e. The SMILES string of the molecule is O=C(CSc1nc2cc3c(cc2c(=O)n1CCC(=O)N1CCN(c2ccccc2)CC1)OCO3)NCCc1ccccc1. The van der Waals surface area contributed by atoms with Crippen molar-refractivity contribution in [2.24, 2.45) is 0 Å². The van der Waals surface area contributed by atoms with Crippen molar-refractivity contribution in [1.29, 1.82) is 0 Å². The topological polar surface area (TPSA) is 106 Å². The van der Waals surface area contributed by atoms with Gasteiger partial charge in [0.25, 0.3) is 5.56 Å². The molecule has 1 fully saturated rings. The molecule has 2 amide bonds. The normalized spacial score (nSPS) is 14.2. The van der Waals surface area contributed by atoms with E-state index in [2.05, 4.69) is 22.3 Å². The van der Waals surface area contributed by atoms with Crippen molar-refractivity contribution in [3.05, 3.63) is 88.7 Å². The molecule has 4 aromatic rings. The predicted octanol–water partition coefficient (Wildman–Crippen LogP) is 3.32. The van der Waals surface area contributed by atoms with Crippen LogP contribution >= 0.6 is 11.8 Å². The molecule has 0 bridgehead atoms. The Hall–Kier alpha value is -4.51. The lowest BCUT2D eigenvalue weighted by molar-refractivity contribution is -0.131. The summed E-state index contributed by atoms with van der Waals surface area (Å²) >= 11 is 1.19. The number of ether oxygens (including phenoxy) is 2. The molecule has 3 heterocycles. The van der Waals surface area contributed by atoms with Crippen LogP contribution in [-0.4, -0.2) is 71.5 Å².